The fourth-order valence-corrected chi connectivity index (χ4v) is 2.47. The summed E-state index contributed by atoms with van der Waals surface area (Å²) in [7, 11) is 1.65. The molecular weight excluding hydrogens is 266 g/mol. The molecule has 1 heterocycles. The second-order valence-electron chi connectivity index (χ2n) is 5.15. The summed E-state index contributed by atoms with van der Waals surface area (Å²) in [6.45, 7) is 4.76. The van der Waals surface area contributed by atoms with Crippen LogP contribution >= 0.6 is 0 Å². The number of methoxy groups -OCH3 is 1. The van der Waals surface area contributed by atoms with E-state index in [4.69, 9.17) is 4.74 Å². The first-order valence-corrected chi connectivity index (χ1v) is 7.38. The number of benzene rings is 1. The summed E-state index contributed by atoms with van der Waals surface area (Å²) in [5.74, 6) is 1.68. The summed E-state index contributed by atoms with van der Waals surface area (Å²) >= 11 is 0. The SMILES string of the molecule is CCC(CC)C(O)c1ncnn1Cc1ccc(OC)cc1. The summed E-state index contributed by atoms with van der Waals surface area (Å²) in [5, 5.41) is 14.7. The van der Waals surface area contributed by atoms with E-state index >= 15 is 0 Å². The zero-order chi connectivity index (χ0) is 15.2. The molecule has 1 aromatic carbocycles. The van der Waals surface area contributed by atoms with Crippen molar-refractivity contribution >= 4 is 0 Å². The van der Waals surface area contributed by atoms with Crippen molar-refractivity contribution in [3.8, 4) is 5.75 Å². The van der Waals surface area contributed by atoms with E-state index in [9.17, 15) is 5.11 Å². The Balaban J connectivity index is 2.15. The van der Waals surface area contributed by atoms with E-state index in [2.05, 4.69) is 23.9 Å². The Morgan fingerprint density at radius 1 is 1.19 bits per heavy atom. The molecule has 21 heavy (non-hydrogen) atoms. The van der Waals surface area contributed by atoms with Crippen LogP contribution in [0.1, 0.15) is 44.2 Å². The fraction of sp³-hybridized carbons (Fsp3) is 0.500. The summed E-state index contributed by atoms with van der Waals surface area (Å²) in [4.78, 5) is 4.24. The Morgan fingerprint density at radius 2 is 1.86 bits per heavy atom. The van der Waals surface area contributed by atoms with Gasteiger partial charge in [0.25, 0.3) is 0 Å². The predicted octanol–water partition coefficient (Wildman–Crippen LogP) is 2.80. The Morgan fingerprint density at radius 3 is 2.43 bits per heavy atom. The molecule has 0 saturated carbocycles. The van der Waals surface area contributed by atoms with Crippen LogP contribution in [0.15, 0.2) is 30.6 Å². The molecule has 1 aromatic heterocycles. The van der Waals surface area contributed by atoms with Crippen LogP contribution in [0.2, 0.25) is 0 Å². The fourth-order valence-electron chi connectivity index (χ4n) is 2.47. The maximum absolute atomic E-state index is 10.5. The third-order valence-electron chi connectivity index (χ3n) is 3.90. The van der Waals surface area contributed by atoms with E-state index in [1.807, 2.05) is 24.3 Å². The molecule has 1 unspecified atom stereocenters. The number of hydrogen-bond acceptors (Lipinski definition) is 4. The molecule has 0 aliphatic rings. The minimum absolute atomic E-state index is 0.212. The molecule has 2 rings (SSSR count). The van der Waals surface area contributed by atoms with Gasteiger partial charge in [0.2, 0.25) is 0 Å². The Kier molecular flexibility index (Phi) is 5.33. The van der Waals surface area contributed by atoms with Crippen molar-refractivity contribution in [2.75, 3.05) is 7.11 Å². The first-order valence-electron chi connectivity index (χ1n) is 7.38. The number of aliphatic hydroxyl groups is 1. The largest absolute Gasteiger partial charge is 0.497 e. The van der Waals surface area contributed by atoms with E-state index in [0.29, 0.717) is 12.4 Å². The van der Waals surface area contributed by atoms with E-state index in [1.165, 1.54) is 6.33 Å². The van der Waals surface area contributed by atoms with Crippen LogP contribution in [0.4, 0.5) is 0 Å². The number of hydrogen-bond donors (Lipinski definition) is 1. The van der Waals surface area contributed by atoms with Crippen molar-refractivity contribution < 1.29 is 9.84 Å². The van der Waals surface area contributed by atoms with E-state index in [1.54, 1.807) is 11.8 Å². The number of rotatable bonds is 7. The van der Waals surface area contributed by atoms with Crippen LogP contribution in [-0.2, 0) is 6.54 Å². The molecule has 0 bridgehead atoms. The molecule has 2 aromatic rings. The predicted molar refractivity (Wildman–Crippen MR) is 81.1 cm³/mol. The molecular formula is C16H23N3O2. The van der Waals surface area contributed by atoms with Crippen LogP contribution in [0.3, 0.4) is 0 Å². The molecule has 0 fully saturated rings. The molecule has 0 amide bonds. The zero-order valence-corrected chi connectivity index (χ0v) is 12.9. The van der Waals surface area contributed by atoms with E-state index in [-0.39, 0.29) is 5.92 Å². The summed E-state index contributed by atoms with van der Waals surface area (Å²) in [6, 6.07) is 7.83. The monoisotopic (exact) mass is 289 g/mol. The number of aromatic nitrogens is 3. The van der Waals surface area contributed by atoms with Gasteiger partial charge in [-0.2, -0.15) is 5.10 Å². The third-order valence-corrected chi connectivity index (χ3v) is 3.90. The van der Waals surface area contributed by atoms with Gasteiger partial charge < -0.3 is 9.84 Å². The van der Waals surface area contributed by atoms with Crippen LogP contribution in [-0.4, -0.2) is 27.0 Å². The van der Waals surface area contributed by atoms with Gasteiger partial charge >= 0.3 is 0 Å². The summed E-state index contributed by atoms with van der Waals surface area (Å²) in [5.41, 5.74) is 1.10. The van der Waals surface area contributed by atoms with Gasteiger partial charge in [-0.3, -0.25) is 0 Å². The van der Waals surface area contributed by atoms with Gasteiger partial charge in [0, 0.05) is 0 Å². The van der Waals surface area contributed by atoms with Gasteiger partial charge in [0.1, 0.15) is 18.2 Å². The Hall–Kier alpha value is -1.88. The second-order valence-corrected chi connectivity index (χ2v) is 5.15. The molecule has 0 spiro atoms. The lowest BCUT2D eigenvalue weighted by Gasteiger charge is -2.19. The van der Waals surface area contributed by atoms with Crippen LogP contribution < -0.4 is 4.74 Å². The molecule has 5 heteroatoms. The van der Waals surface area contributed by atoms with E-state index < -0.39 is 6.10 Å². The maximum Gasteiger partial charge on any atom is 0.156 e. The third kappa shape index (κ3) is 3.61. The molecule has 0 aliphatic heterocycles. The Labute approximate surface area is 125 Å². The van der Waals surface area contributed by atoms with Crippen molar-refractivity contribution in [3.63, 3.8) is 0 Å². The number of nitrogens with zero attached hydrogens (tertiary/aromatic N) is 3. The summed E-state index contributed by atoms with van der Waals surface area (Å²) in [6.07, 6.45) is 2.78. The lowest BCUT2D eigenvalue weighted by atomic mass is 9.96. The highest BCUT2D eigenvalue weighted by molar-refractivity contribution is 5.27. The van der Waals surface area contributed by atoms with Crippen molar-refractivity contribution in [1.29, 1.82) is 0 Å². The standard InChI is InChI=1S/C16H23N3O2/c1-4-13(5-2)15(20)16-17-11-18-19(16)10-12-6-8-14(21-3)9-7-12/h6-9,11,13,15,20H,4-5,10H2,1-3H3. The quantitative estimate of drug-likeness (QED) is 0.851. The molecule has 114 valence electrons. The molecule has 0 saturated heterocycles. The van der Waals surface area contributed by atoms with Gasteiger partial charge in [0.05, 0.1) is 13.7 Å². The van der Waals surface area contributed by atoms with E-state index in [0.717, 1.165) is 24.2 Å². The van der Waals surface area contributed by atoms with Gasteiger partial charge in [-0.05, 0) is 23.6 Å². The van der Waals surface area contributed by atoms with Crippen molar-refractivity contribution in [1.82, 2.24) is 14.8 Å². The van der Waals surface area contributed by atoms with Crippen LogP contribution in [0.25, 0.3) is 0 Å². The van der Waals surface area contributed by atoms with Crippen molar-refractivity contribution in [2.24, 2.45) is 5.92 Å². The molecule has 0 radical (unpaired) electrons. The smallest absolute Gasteiger partial charge is 0.156 e. The molecule has 5 nitrogen and oxygen atoms in total. The topological polar surface area (TPSA) is 60.2 Å². The lowest BCUT2D eigenvalue weighted by molar-refractivity contribution is 0.0904. The average molecular weight is 289 g/mol. The van der Waals surface area contributed by atoms with Gasteiger partial charge in [-0.1, -0.05) is 38.8 Å². The molecule has 0 aliphatic carbocycles. The minimum Gasteiger partial charge on any atom is -0.497 e. The zero-order valence-electron chi connectivity index (χ0n) is 12.9. The first-order chi connectivity index (χ1) is 10.2. The van der Waals surface area contributed by atoms with Crippen LogP contribution in [0.5, 0.6) is 5.75 Å². The Bertz CT molecular complexity index is 547. The van der Waals surface area contributed by atoms with Gasteiger partial charge in [-0.25, -0.2) is 9.67 Å². The van der Waals surface area contributed by atoms with Crippen molar-refractivity contribution in [3.05, 3.63) is 42.0 Å². The summed E-state index contributed by atoms with van der Waals surface area (Å²) < 4.78 is 6.92. The van der Waals surface area contributed by atoms with Gasteiger partial charge in [-0.15, -0.1) is 0 Å². The van der Waals surface area contributed by atoms with Crippen LogP contribution in [0, 0.1) is 5.92 Å². The number of aliphatic hydroxyl groups excluding tert-OH is 1. The maximum atomic E-state index is 10.5. The lowest BCUT2D eigenvalue weighted by Crippen LogP contribution is -2.17. The van der Waals surface area contributed by atoms with Gasteiger partial charge in [0.15, 0.2) is 5.82 Å². The highest BCUT2D eigenvalue weighted by Crippen LogP contribution is 2.26. The molecule has 1 atom stereocenters. The normalized spacial score (nSPS) is 12.6. The molecule has 1 N–H and O–H groups in total. The number of ether oxygens (including phenoxy) is 1. The second kappa shape index (κ2) is 7.22. The minimum atomic E-state index is -0.569. The highest BCUT2D eigenvalue weighted by atomic mass is 16.5. The first kappa shape index (κ1) is 15.5. The average Bonchev–Trinajstić information content (AvgIpc) is 2.97. The van der Waals surface area contributed by atoms with Crippen molar-refractivity contribution in [2.45, 2.75) is 39.3 Å². The highest BCUT2D eigenvalue weighted by Gasteiger charge is 2.22.